The number of hydrogen-bond donors (Lipinski definition) is 1. The molecule has 0 radical (unpaired) electrons. The summed E-state index contributed by atoms with van der Waals surface area (Å²) in [6.07, 6.45) is 7.31. The van der Waals surface area contributed by atoms with Crippen LogP contribution in [0.5, 0.6) is 0 Å². The van der Waals surface area contributed by atoms with E-state index in [1.165, 1.54) is 24.8 Å². The van der Waals surface area contributed by atoms with Crippen molar-refractivity contribution in [3.63, 3.8) is 0 Å². The molecule has 0 aliphatic rings. The molecule has 3 atom stereocenters. The van der Waals surface area contributed by atoms with Crippen molar-refractivity contribution in [1.82, 2.24) is 5.32 Å². The summed E-state index contributed by atoms with van der Waals surface area (Å²) in [6, 6.07) is 3.02. The lowest BCUT2D eigenvalue weighted by molar-refractivity contribution is 0.320. The van der Waals surface area contributed by atoms with E-state index in [-0.39, 0.29) is 0 Å². The van der Waals surface area contributed by atoms with Crippen molar-refractivity contribution in [2.45, 2.75) is 59.0 Å². The van der Waals surface area contributed by atoms with E-state index >= 15 is 0 Å². The third-order valence-corrected chi connectivity index (χ3v) is 3.38. The fraction of sp³-hybridized carbons (Fsp3) is 0.714. The van der Waals surface area contributed by atoms with Crippen LogP contribution in [-0.2, 0) is 0 Å². The van der Waals surface area contributed by atoms with Gasteiger partial charge in [0.1, 0.15) is 0 Å². The molecule has 0 aliphatic carbocycles. The summed E-state index contributed by atoms with van der Waals surface area (Å²) in [5, 5.41) is 3.69. The van der Waals surface area contributed by atoms with Gasteiger partial charge in [-0.1, -0.05) is 27.2 Å². The Kier molecular flexibility index (Phi) is 5.61. The molecule has 0 aromatic carbocycles. The minimum absolute atomic E-state index is 0.378. The molecule has 1 rings (SSSR count). The van der Waals surface area contributed by atoms with Crippen LogP contribution in [0.2, 0.25) is 0 Å². The zero-order chi connectivity index (χ0) is 12.0. The summed E-state index contributed by atoms with van der Waals surface area (Å²) >= 11 is 0. The maximum atomic E-state index is 5.12. The molecule has 0 bridgehead atoms. The molecular formula is C14H25NO. The summed E-state index contributed by atoms with van der Waals surface area (Å²) in [5.41, 5.74) is 1.24. The van der Waals surface area contributed by atoms with Crippen molar-refractivity contribution in [2.24, 2.45) is 5.92 Å². The second-order valence-corrected chi connectivity index (χ2v) is 4.73. The third-order valence-electron chi connectivity index (χ3n) is 3.38. The maximum Gasteiger partial charge on any atom is 0.0950 e. The van der Waals surface area contributed by atoms with Crippen LogP contribution in [0, 0.1) is 5.92 Å². The first-order chi connectivity index (χ1) is 7.69. The average Bonchev–Trinajstić information content (AvgIpc) is 2.79. The summed E-state index contributed by atoms with van der Waals surface area (Å²) in [6.45, 7) is 9.05. The van der Waals surface area contributed by atoms with Crippen LogP contribution in [0.3, 0.4) is 0 Å². The number of hydrogen-bond acceptors (Lipinski definition) is 2. The molecule has 92 valence electrons. The minimum atomic E-state index is 0.378. The lowest BCUT2D eigenvalue weighted by Gasteiger charge is -2.27. The number of nitrogens with one attached hydrogen (secondary N) is 1. The predicted molar refractivity (Wildman–Crippen MR) is 68.4 cm³/mol. The predicted octanol–water partition coefficient (Wildman–Crippen LogP) is 4.15. The van der Waals surface area contributed by atoms with Crippen LogP contribution < -0.4 is 5.32 Å². The Labute approximate surface area is 99.4 Å². The Morgan fingerprint density at radius 3 is 2.56 bits per heavy atom. The molecule has 1 N–H and O–H groups in total. The first-order valence-electron chi connectivity index (χ1n) is 6.47. The molecule has 1 aromatic rings. The number of rotatable bonds is 7. The second-order valence-electron chi connectivity index (χ2n) is 4.73. The Hall–Kier alpha value is -0.760. The molecule has 2 nitrogen and oxygen atoms in total. The number of furan rings is 1. The van der Waals surface area contributed by atoms with Gasteiger partial charge >= 0.3 is 0 Å². The SMILES string of the molecule is CCCC(C)C(CC)NC(C)c1ccoc1. The van der Waals surface area contributed by atoms with Crippen LogP contribution in [0.15, 0.2) is 23.0 Å². The Bertz CT molecular complexity index is 268. The van der Waals surface area contributed by atoms with Crippen LogP contribution in [0.25, 0.3) is 0 Å². The first kappa shape index (κ1) is 13.3. The molecule has 1 aromatic heterocycles. The van der Waals surface area contributed by atoms with Gasteiger partial charge in [0.2, 0.25) is 0 Å². The lowest BCUT2D eigenvalue weighted by atomic mass is 9.94. The van der Waals surface area contributed by atoms with Gasteiger partial charge < -0.3 is 9.73 Å². The highest BCUT2D eigenvalue weighted by atomic mass is 16.3. The maximum absolute atomic E-state index is 5.12. The summed E-state index contributed by atoms with van der Waals surface area (Å²) in [7, 11) is 0. The normalized spacial score (nSPS) is 17.0. The Morgan fingerprint density at radius 2 is 2.06 bits per heavy atom. The van der Waals surface area contributed by atoms with Crippen LogP contribution in [0.4, 0.5) is 0 Å². The van der Waals surface area contributed by atoms with Gasteiger partial charge in [0.05, 0.1) is 12.5 Å². The molecule has 0 saturated heterocycles. The zero-order valence-electron chi connectivity index (χ0n) is 11.0. The van der Waals surface area contributed by atoms with Gasteiger partial charge in [0.15, 0.2) is 0 Å². The molecule has 1 heterocycles. The second kappa shape index (κ2) is 6.74. The smallest absolute Gasteiger partial charge is 0.0950 e. The van der Waals surface area contributed by atoms with Crippen molar-refractivity contribution < 1.29 is 4.42 Å². The van der Waals surface area contributed by atoms with Gasteiger partial charge in [-0.05, 0) is 31.7 Å². The van der Waals surface area contributed by atoms with Crippen molar-refractivity contribution in [3.8, 4) is 0 Å². The molecule has 3 unspecified atom stereocenters. The summed E-state index contributed by atoms with van der Waals surface area (Å²) in [5.74, 6) is 0.740. The fourth-order valence-corrected chi connectivity index (χ4v) is 2.28. The van der Waals surface area contributed by atoms with E-state index in [0.717, 1.165) is 5.92 Å². The van der Waals surface area contributed by atoms with E-state index in [4.69, 9.17) is 4.42 Å². The van der Waals surface area contributed by atoms with Gasteiger partial charge in [-0.15, -0.1) is 0 Å². The highest BCUT2D eigenvalue weighted by Gasteiger charge is 2.17. The van der Waals surface area contributed by atoms with Gasteiger partial charge in [-0.25, -0.2) is 0 Å². The van der Waals surface area contributed by atoms with Crippen molar-refractivity contribution >= 4 is 0 Å². The molecule has 2 heteroatoms. The van der Waals surface area contributed by atoms with E-state index < -0.39 is 0 Å². The molecule has 0 amide bonds. The molecule has 0 aliphatic heterocycles. The molecule has 0 fully saturated rings. The van der Waals surface area contributed by atoms with E-state index in [1.54, 1.807) is 6.26 Å². The third kappa shape index (κ3) is 3.67. The largest absolute Gasteiger partial charge is 0.472 e. The highest BCUT2D eigenvalue weighted by Crippen LogP contribution is 2.19. The lowest BCUT2D eigenvalue weighted by Crippen LogP contribution is -2.36. The van der Waals surface area contributed by atoms with Crippen LogP contribution >= 0.6 is 0 Å². The monoisotopic (exact) mass is 223 g/mol. The van der Waals surface area contributed by atoms with E-state index in [0.29, 0.717) is 12.1 Å². The van der Waals surface area contributed by atoms with Gasteiger partial charge in [0, 0.05) is 17.6 Å². The van der Waals surface area contributed by atoms with Crippen molar-refractivity contribution in [1.29, 1.82) is 0 Å². The van der Waals surface area contributed by atoms with Crippen molar-refractivity contribution in [3.05, 3.63) is 24.2 Å². The average molecular weight is 223 g/mol. The van der Waals surface area contributed by atoms with E-state index in [1.807, 2.05) is 12.3 Å². The quantitative estimate of drug-likeness (QED) is 0.751. The van der Waals surface area contributed by atoms with Crippen molar-refractivity contribution in [2.75, 3.05) is 0 Å². The minimum Gasteiger partial charge on any atom is -0.472 e. The fourth-order valence-electron chi connectivity index (χ4n) is 2.28. The van der Waals surface area contributed by atoms with E-state index in [9.17, 15) is 0 Å². The van der Waals surface area contributed by atoms with Gasteiger partial charge in [0.25, 0.3) is 0 Å². The standard InChI is InChI=1S/C14H25NO/c1-5-7-11(3)14(6-2)15-12(4)13-8-9-16-10-13/h8-12,14-15H,5-7H2,1-4H3. The highest BCUT2D eigenvalue weighted by molar-refractivity contribution is 5.10. The van der Waals surface area contributed by atoms with Crippen LogP contribution in [-0.4, -0.2) is 6.04 Å². The summed E-state index contributed by atoms with van der Waals surface area (Å²) in [4.78, 5) is 0. The topological polar surface area (TPSA) is 25.2 Å². The summed E-state index contributed by atoms with van der Waals surface area (Å²) < 4.78 is 5.12. The zero-order valence-corrected chi connectivity index (χ0v) is 11.0. The van der Waals surface area contributed by atoms with E-state index in [2.05, 4.69) is 33.0 Å². The van der Waals surface area contributed by atoms with Gasteiger partial charge in [-0.2, -0.15) is 0 Å². The molecule has 16 heavy (non-hydrogen) atoms. The first-order valence-corrected chi connectivity index (χ1v) is 6.47. The molecule has 0 spiro atoms. The van der Waals surface area contributed by atoms with Gasteiger partial charge in [-0.3, -0.25) is 0 Å². The Balaban J connectivity index is 2.49. The molecule has 0 saturated carbocycles. The molecular weight excluding hydrogens is 198 g/mol. The van der Waals surface area contributed by atoms with Crippen LogP contribution in [0.1, 0.15) is 58.6 Å². The Morgan fingerprint density at radius 1 is 1.31 bits per heavy atom.